The number of aromatic nitrogens is 4. The molecule has 11 heteroatoms. The first kappa shape index (κ1) is 25.0. The van der Waals surface area contributed by atoms with Crippen LogP contribution in [0.3, 0.4) is 0 Å². The summed E-state index contributed by atoms with van der Waals surface area (Å²) in [6, 6.07) is 8.18. The van der Waals surface area contributed by atoms with E-state index in [1.165, 1.54) is 33.4 Å². The summed E-state index contributed by atoms with van der Waals surface area (Å²) in [4.78, 5) is 1.23. The van der Waals surface area contributed by atoms with Crippen LogP contribution >= 0.6 is 11.6 Å². The molecule has 1 aliphatic carbocycles. The molecule has 1 heterocycles. The second-order valence-electron chi connectivity index (χ2n) is 8.54. The third kappa shape index (κ3) is 5.43. The molecule has 1 aromatic heterocycles. The molecule has 0 amide bonds. The molecule has 0 aliphatic heterocycles. The zero-order chi connectivity index (χ0) is 25.3. The number of anilines is 1. The number of rotatable bonds is 7. The van der Waals surface area contributed by atoms with E-state index in [2.05, 4.69) is 15.4 Å². The molecule has 184 valence electrons. The standard InChI is InChI=1S/C24H24ClF2N5O2S/c1-15-9-16(2)11-19(10-15)35(33,34)32(14-24-28-30-31(3)29-24)23-8-7-18(25)12-17(23)13-20-21(26)5-4-6-22(20)27/h4-10,12,19H,11,13-14H2,1-3H3. The molecular weight excluding hydrogens is 496 g/mol. The molecule has 3 aromatic rings. The fraction of sp³-hybridized carbons (Fsp3) is 0.292. The molecule has 0 bridgehead atoms. The number of nitrogens with zero attached hydrogens (tertiary/aromatic N) is 5. The van der Waals surface area contributed by atoms with E-state index in [9.17, 15) is 17.2 Å². The third-order valence-electron chi connectivity index (χ3n) is 5.71. The zero-order valence-electron chi connectivity index (χ0n) is 19.4. The molecule has 1 atom stereocenters. The van der Waals surface area contributed by atoms with E-state index in [1.807, 2.05) is 19.9 Å². The summed E-state index contributed by atoms with van der Waals surface area (Å²) in [5.41, 5.74) is 2.17. The van der Waals surface area contributed by atoms with Crippen molar-refractivity contribution in [2.45, 2.75) is 38.5 Å². The van der Waals surface area contributed by atoms with Crippen LogP contribution in [0.4, 0.5) is 14.5 Å². The zero-order valence-corrected chi connectivity index (χ0v) is 21.0. The minimum Gasteiger partial charge on any atom is -0.262 e. The number of halogens is 3. The number of allylic oxidation sites excluding steroid dienone is 3. The van der Waals surface area contributed by atoms with Gasteiger partial charge in [-0.15, -0.1) is 10.2 Å². The number of hydrogen-bond acceptors (Lipinski definition) is 5. The van der Waals surface area contributed by atoms with Crippen LogP contribution in [0.1, 0.15) is 37.2 Å². The lowest BCUT2D eigenvalue weighted by Crippen LogP contribution is -2.39. The highest BCUT2D eigenvalue weighted by Gasteiger charge is 2.34. The van der Waals surface area contributed by atoms with Crippen LogP contribution in [-0.2, 0) is 30.0 Å². The van der Waals surface area contributed by atoms with Gasteiger partial charge in [-0.3, -0.25) is 4.31 Å². The smallest absolute Gasteiger partial charge is 0.242 e. The molecule has 1 aliphatic rings. The summed E-state index contributed by atoms with van der Waals surface area (Å²) in [7, 11) is -2.44. The quantitative estimate of drug-likeness (QED) is 0.450. The van der Waals surface area contributed by atoms with Gasteiger partial charge in [0.2, 0.25) is 10.0 Å². The van der Waals surface area contributed by atoms with Gasteiger partial charge < -0.3 is 0 Å². The van der Waals surface area contributed by atoms with E-state index in [1.54, 1.807) is 13.1 Å². The maximum atomic E-state index is 14.5. The number of tetrazole rings is 1. The lowest BCUT2D eigenvalue weighted by molar-refractivity contribution is 0.561. The average molecular weight is 520 g/mol. The van der Waals surface area contributed by atoms with Crippen LogP contribution in [0.15, 0.2) is 59.7 Å². The number of hydrogen-bond donors (Lipinski definition) is 0. The molecule has 0 saturated heterocycles. The Morgan fingerprint density at radius 3 is 2.51 bits per heavy atom. The summed E-state index contributed by atoms with van der Waals surface area (Å²) < 4.78 is 58.1. The summed E-state index contributed by atoms with van der Waals surface area (Å²) in [6.45, 7) is 3.51. The first-order valence-corrected chi connectivity index (χ1v) is 12.7. The van der Waals surface area contributed by atoms with E-state index < -0.39 is 26.9 Å². The maximum Gasteiger partial charge on any atom is 0.242 e. The van der Waals surface area contributed by atoms with Gasteiger partial charge in [-0.25, -0.2) is 17.2 Å². The summed E-state index contributed by atoms with van der Waals surface area (Å²) in [6.07, 6.45) is 3.75. The number of benzene rings is 2. The lowest BCUT2D eigenvalue weighted by Gasteiger charge is -2.30. The molecule has 2 aromatic carbocycles. The normalized spacial score (nSPS) is 16.1. The van der Waals surface area contributed by atoms with Crippen LogP contribution in [0.25, 0.3) is 0 Å². The third-order valence-corrected chi connectivity index (χ3v) is 7.95. The van der Waals surface area contributed by atoms with Gasteiger partial charge in [0.25, 0.3) is 0 Å². The Bertz CT molecular complexity index is 1420. The van der Waals surface area contributed by atoms with E-state index in [0.29, 0.717) is 17.0 Å². The van der Waals surface area contributed by atoms with Gasteiger partial charge >= 0.3 is 0 Å². The van der Waals surface area contributed by atoms with Crippen molar-refractivity contribution in [3.63, 3.8) is 0 Å². The van der Waals surface area contributed by atoms with Crippen LogP contribution in [0, 0.1) is 11.6 Å². The van der Waals surface area contributed by atoms with Gasteiger partial charge in [0, 0.05) is 17.0 Å². The minimum absolute atomic E-state index is 0.179. The Morgan fingerprint density at radius 2 is 1.89 bits per heavy atom. The van der Waals surface area contributed by atoms with E-state index in [4.69, 9.17) is 11.6 Å². The SMILES string of the molecule is CC1=CC(S(=O)(=O)N(Cc2nnn(C)n2)c2ccc(Cl)cc2Cc2c(F)cccc2F)CC(C)=C1. The van der Waals surface area contributed by atoms with Crippen LogP contribution < -0.4 is 4.31 Å². The fourth-order valence-electron chi connectivity index (χ4n) is 4.18. The first-order valence-electron chi connectivity index (χ1n) is 10.9. The van der Waals surface area contributed by atoms with Crippen LogP contribution in [0.5, 0.6) is 0 Å². The van der Waals surface area contributed by atoms with E-state index >= 15 is 0 Å². The molecule has 4 rings (SSSR count). The van der Waals surface area contributed by atoms with Crippen LogP contribution in [-0.4, -0.2) is 33.9 Å². The Kier molecular flexibility index (Phi) is 7.05. The van der Waals surface area contributed by atoms with E-state index in [-0.39, 0.29) is 30.0 Å². The van der Waals surface area contributed by atoms with Gasteiger partial charge in [0.1, 0.15) is 16.9 Å². The second-order valence-corrected chi connectivity index (χ2v) is 11.1. The largest absolute Gasteiger partial charge is 0.262 e. The van der Waals surface area contributed by atoms with Crippen molar-refractivity contribution in [2.24, 2.45) is 7.05 Å². The molecule has 7 nitrogen and oxygen atoms in total. The summed E-state index contributed by atoms with van der Waals surface area (Å²) in [5, 5.41) is 11.4. The first-order chi connectivity index (χ1) is 16.5. The van der Waals surface area contributed by atoms with Crippen molar-refractivity contribution in [1.82, 2.24) is 20.2 Å². The van der Waals surface area contributed by atoms with Gasteiger partial charge in [-0.05, 0) is 61.4 Å². The fourth-order valence-corrected chi connectivity index (χ4v) is 6.31. The molecule has 0 spiro atoms. The lowest BCUT2D eigenvalue weighted by atomic mass is 10.0. The summed E-state index contributed by atoms with van der Waals surface area (Å²) in [5.74, 6) is -1.28. The molecule has 0 fully saturated rings. The van der Waals surface area contributed by atoms with Crippen molar-refractivity contribution in [3.05, 3.63) is 93.3 Å². The summed E-state index contributed by atoms with van der Waals surface area (Å²) >= 11 is 6.22. The predicted octanol–water partition coefficient (Wildman–Crippen LogP) is 4.73. The van der Waals surface area contributed by atoms with Crippen LogP contribution in [0.2, 0.25) is 5.02 Å². The maximum absolute atomic E-state index is 14.5. The van der Waals surface area contributed by atoms with Gasteiger partial charge in [0.15, 0.2) is 5.82 Å². The minimum atomic E-state index is -4.01. The van der Waals surface area contributed by atoms with Gasteiger partial charge in [-0.1, -0.05) is 41.0 Å². The molecule has 0 radical (unpaired) electrons. The highest BCUT2D eigenvalue weighted by Crippen LogP contribution is 2.34. The molecule has 1 unspecified atom stereocenters. The number of aryl methyl sites for hydroxylation is 1. The Balaban J connectivity index is 1.84. The molecule has 0 saturated carbocycles. The highest BCUT2D eigenvalue weighted by molar-refractivity contribution is 7.93. The van der Waals surface area contributed by atoms with Gasteiger partial charge in [-0.2, -0.15) is 4.80 Å². The Morgan fingerprint density at radius 1 is 1.17 bits per heavy atom. The predicted molar refractivity (Wildman–Crippen MR) is 130 cm³/mol. The Hall–Kier alpha value is -3.11. The molecular formula is C24H24ClF2N5O2S. The Labute approximate surface area is 207 Å². The van der Waals surface area contributed by atoms with Crippen molar-refractivity contribution in [1.29, 1.82) is 0 Å². The molecule has 0 N–H and O–H groups in total. The molecule has 35 heavy (non-hydrogen) atoms. The topological polar surface area (TPSA) is 81.0 Å². The average Bonchev–Trinajstić information content (AvgIpc) is 3.19. The monoisotopic (exact) mass is 519 g/mol. The van der Waals surface area contributed by atoms with Crippen molar-refractivity contribution < 1.29 is 17.2 Å². The van der Waals surface area contributed by atoms with Crippen molar-refractivity contribution in [2.75, 3.05) is 4.31 Å². The number of sulfonamides is 1. The van der Waals surface area contributed by atoms with Crippen molar-refractivity contribution >= 4 is 27.3 Å². The van der Waals surface area contributed by atoms with Crippen molar-refractivity contribution in [3.8, 4) is 0 Å². The van der Waals surface area contributed by atoms with Gasteiger partial charge in [0.05, 0.1) is 19.3 Å². The highest BCUT2D eigenvalue weighted by atomic mass is 35.5. The van der Waals surface area contributed by atoms with E-state index in [0.717, 1.165) is 23.3 Å². The second kappa shape index (κ2) is 9.87.